The number of benzene rings is 3. The van der Waals surface area contributed by atoms with Crippen LogP contribution in [-0.2, 0) is 15.3 Å². The number of ketones is 1. The first-order valence-corrected chi connectivity index (χ1v) is 11.0. The van der Waals surface area contributed by atoms with Crippen molar-refractivity contribution in [1.29, 1.82) is 0 Å². The maximum atomic E-state index is 13.0. The van der Waals surface area contributed by atoms with Gasteiger partial charge in [-0.25, -0.2) is 8.42 Å². The fourth-order valence-electron chi connectivity index (χ4n) is 3.48. The fourth-order valence-corrected chi connectivity index (χ4v) is 5.16. The van der Waals surface area contributed by atoms with E-state index in [0.717, 1.165) is 5.56 Å². The van der Waals surface area contributed by atoms with Crippen LogP contribution >= 0.6 is 0 Å². The van der Waals surface area contributed by atoms with E-state index in [1.807, 2.05) is 24.3 Å². The molecular formula is C24H21NO4S. The molecule has 1 heterocycles. The number of rotatable bonds is 2. The first-order valence-electron chi connectivity index (χ1n) is 9.54. The van der Waals surface area contributed by atoms with Gasteiger partial charge in [-0.3, -0.25) is 9.59 Å². The van der Waals surface area contributed by atoms with Gasteiger partial charge in [-0.1, -0.05) is 45.0 Å². The Labute approximate surface area is 175 Å². The topological polar surface area (TPSA) is 80.3 Å². The van der Waals surface area contributed by atoms with Crippen LogP contribution in [0.4, 0.5) is 5.69 Å². The van der Waals surface area contributed by atoms with Gasteiger partial charge >= 0.3 is 0 Å². The second-order valence-electron chi connectivity index (χ2n) is 8.32. The van der Waals surface area contributed by atoms with Gasteiger partial charge in [-0.2, -0.15) is 0 Å². The molecule has 3 aromatic rings. The van der Waals surface area contributed by atoms with E-state index in [-0.39, 0.29) is 37.7 Å². The van der Waals surface area contributed by atoms with E-state index in [4.69, 9.17) is 0 Å². The number of hydrogen-bond donors (Lipinski definition) is 1. The molecular weight excluding hydrogens is 398 g/mol. The lowest BCUT2D eigenvalue weighted by atomic mass is 9.87. The largest absolute Gasteiger partial charge is 0.322 e. The summed E-state index contributed by atoms with van der Waals surface area (Å²) in [6.45, 7) is 6.31. The highest BCUT2D eigenvalue weighted by Gasteiger charge is 2.35. The Hall–Kier alpha value is -3.25. The molecule has 0 saturated heterocycles. The molecule has 0 unspecified atom stereocenters. The molecule has 1 aliphatic rings. The van der Waals surface area contributed by atoms with Gasteiger partial charge in [0.15, 0.2) is 5.78 Å². The lowest BCUT2D eigenvalue weighted by Crippen LogP contribution is -2.21. The van der Waals surface area contributed by atoms with Gasteiger partial charge < -0.3 is 5.32 Å². The van der Waals surface area contributed by atoms with Crippen LogP contribution in [-0.4, -0.2) is 20.1 Å². The van der Waals surface area contributed by atoms with E-state index in [0.29, 0.717) is 5.69 Å². The normalized spacial score (nSPS) is 14.6. The maximum absolute atomic E-state index is 13.0. The van der Waals surface area contributed by atoms with Crippen LogP contribution in [0.25, 0.3) is 0 Å². The van der Waals surface area contributed by atoms with E-state index in [9.17, 15) is 18.0 Å². The minimum Gasteiger partial charge on any atom is -0.322 e. The molecule has 0 fully saturated rings. The Morgan fingerprint density at radius 3 is 2.13 bits per heavy atom. The zero-order valence-electron chi connectivity index (χ0n) is 16.9. The predicted octanol–water partition coefficient (Wildman–Crippen LogP) is 4.61. The summed E-state index contributed by atoms with van der Waals surface area (Å²) in [6, 6.07) is 17.8. The average molecular weight is 420 g/mol. The molecule has 30 heavy (non-hydrogen) atoms. The standard InChI is InChI=1S/C24H21NO4S/c1-24(2,3)16-9-11-17(12-10-16)25-23(27)15-8-13-19-21(14-15)30(28,29)20-7-5-4-6-18(20)22(19)26/h4-14H,1-3H3,(H,25,27). The van der Waals surface area contributed by atoms with Gasteiger partial charge in [0.05, 0.1) is 9.79 Å². The van der Waals surface area contributed by atoms with E-state index in [2.05, 4.69) is 26.1 Å². The number of carbonyl (C=O) groups excluding carboxylic acids is 2. The number of fused-ring (bicyclic) bond motifs is 2. The molecule has 4 rings (SSSR count). The first-order chi connectivity index (χ1) is 14.1. The van der Waals surface area contributed by atoms with E-state index < -0.39 is 15.7 Å². The Morgan fingerprint density at radius 1 is 0.833 bits per heavy atom. The van der Waals surface area contributed by atoms with Crippen LogP contribution in [0.2, 0.25) is 0 Å². The Bertz CT molecular complexity index is 1280. The van der Waals surface area contributed by atoms with E-state index >= 15 is 0 Å². The number of sulfone groups is 1. The number of carbonyl (C=O) groups is 2. The maximum Gasteiger partial charge on any atom is 0.255 e. The highest BCUT2D eigenvalue weighted by atomic mass is 32.2. The summed E-state index contributed by atoms with van der Waals surface area (Å²) in [4.78, 5) is 25.3. The van der Waals surface area contributed by atoms with Crippen molar-refractivity contribution in [1.82, 2.24) is 0 Å². The molecule has 0 radical (unpaired) electrons. The Balaban J connectivity index is 1.67. The molecule has 5 nitrogen and oxygen atoms in total. The van der Waals surface area contributed by atoms with Gasteiger partial charge in [0.1, 0.15) is 0 Å². The Morgan fingerprint density at radius 2 is 1.47 bits per heavy atom. The van der Waals surface area contributed by atoms with Crippen LogP contribution in [0.3, 0.4) is 0 Å². The molecule has 0 aliphatic carbocycles. The molecule has 0 spiro atoms. The Kier molecular flexibility index (Phi) is 4.62. The second-order valence-corrected chi connectivity index (χ2v) is 10.2. The molecule has 0 atom stereocenters. The highest BCUT2D eigenvalue weighted by Crippen LogP contribution is 2.35. The second kappa shape index (κ2) is 6.92. The third-order valence-corrected chi connectivity index (χ3v) is 7.06. The van der Waals surface area contributed by atoms with Crippen molar-refractivity contribution < 1.29 is 18.0 Å². The van der Waals surface area contributed by atoms with Gasteiger partial charge in [0, 0.05) is 22.4 Å². The van der Waals surface area contributed by atoms with Crippen LogP contribution < -0.4 is 5.32 Å². The van der Waals surface area contributed by atoms with Crippen molar-refractivity contribution in [3.63, 3.8) is 0 Å². The third-order valence-electron chi connectivity index (χ3n) is 5.21. The number of anilines is 1. The molecule has 3 aromatic carbocycles. The molecule has 1 amide bonds. The van der Waals surface area contributed by atoms with Crippen molar-refractivity contribution in [2.24, 2.45) is 0 Å². The minimum atomic E-state index is -3.89. The lowest BCUT2D eigenvalue weighted by Gasteiger charge is -2.20. The highest BCUT2D eigenvalue weighted by molar-refractivity contribution is 7.91. The smallest absolute Gasteiger partial charge is 0.255 e. The summed E-state index contributed by atoms with van der Waals surface area (Å²) < 4.78 is 26.0. The SMILES string of the molecule is CC(C)(C)c1ccc(NC(=O)c2ccc3c(c2)S(=O)(=O)c2ccccc2C3=O)cc1. The zero-order valence-corrected chi connectivity index (χ0v) is 17.7. The van der Waals surface area contributed by atoms with Crippen molar-refractivity contribution in [2.45, 2.75) is 36.0 Å². The summed E-state index contributed by atoms with van der Waals surface area (Å²) in [5.41, 5.74) is 2.15. The monoisotopic (exact) mass is 419 g/mol. The van der Waals surface area contributed by atoms with Crippen molar-refractivity contribution in [3.8, 4) is 0 Å². The average Bonchev–Trinajstić information content (AvgIpc) is 2.72. The van der Waals surface area contributed by atoms with Crippen LogP contribution in [0.15, 0.2) is 76.5 Å². The quantitative estimate of drug-likeness (QED) is 0.514. The van der Waals surface area contributed by atoms with Crippen molar-refractivity contribution >= 4 is 27.2 Å². The van der Waals surface area contributed by atoms with Crippen LogP contribution in [0.5, 0.6) is 0 Å². The number of hydrogen-bond acceptors (Lipinski definition) is 4. The van der Waals surface area contributed by atoms with E-state index in [1.54, 1.807) is 12.1 Å². The molecule has 0 bridgehead atoms. The predicted molar refractivity (Wildman–Crippen MR) is 115 cm³/mol. The number of amides is 1. The fraction of sp³-hybridized carbons (Fsp3) is 0.167. The summed E-state index contributed by atoms with van der Waals surface area (Å²) in [7, 11) is -3.89. The summed E-state index contributed by atoms with van der Waals surface area (Å²) in [5, 5.41) is 2.78. The van der Waals surface area contributed by atoms with Crippen molar-refractivity contribution in [3.05, 3.63) is 89.0 Å². The summed E-state index contributed by atoms with van der Waals surface area (Å²) in [5.74, 6) is -0.803. The molecule has 0 aromatic heterocycles. The minimum absolute atomic E-state index is 0.00177. The van der Waals surface area contributed by atoms with E-state index in [1.165, 1.54) is 30.3 Å². The molecule has 6 heteroatoms. The van der Waals surface area contributed by atoms with Gasteiger partial charge in [0.25, 0.3) is 5.91 Å². The molecule has 152 valence electrons. The summed E-state index contributed by atoms with van der Waals surface area (Å²) >= 11 is 0. The first kappa shape index (κ1) is 20.0. The molecule has 1 aliphatic heterocycles. The molecule has 1 N–H and O–H groups in total. The van der Waals surface area contributed by atoms with Gasteiger partial charge in [-0.05, 0) is 53.4 Å². The number of nitrogens with one attached hydrogen (secondary N) is 1. The van der Waals surface area contributed by atoms with Gasteiger partial charge in [-0.15, -0.1) is 0 Å². The molecule has 0 saturated carbocycles. The zero-order chi connectivity index (χ0) is 21.7. The lowest BCUT2D eigenvalue weighted by molar-refractivity contribution is 0.101. The van der Waals surface area contributed by atoms with Crippen LogP contribution in [0.1, 0.15) is 52.6 Å². The third kappa shape index (κ3) is 3.33. The van der Waals surface area contributed by atoms with Crippen molar-refractivity contribution in [2.75, 3.05) is 5.32 Å². The van der Waals surface area contributed by atoms with Gasteiger partial charge in [0.2, 0.25) is 9.84 Å². The summed E-state index contributed by atoms with van der Waals surface area (Å²) in [6.07, 6.45) is 0. The van der Waals surface area contributed by atoms with Crippen LogP contribution in [0, 0.1) is 0 Å².